The fourth-order valence-electron chi connectivity index (χ4n) is 2.06. The summed E-state index contributed by atoms with van der Waals surface area (Å²) in [5, 5.41) is 40.5. The van der Waals surface area contributed by atoms with Crippen molar-refractivity contribution in [2.45, 2.75) is 0 Å². The third kappa shape index (κ3) is 1.64. The van der Waals surface area contributed by atoms with Crippen LogP contribution in [0.15, 0.2) is 24.3 Å². The average molecular weight is 284 g/mol. The van der Waals surface area contributed by atoms with Gasteiger partial charge in [-0.3, -0.25) is 0 Å². The molecule has 0 fully saturated rings. The summed E-state index contributed by atoms with van der Waals surface area (Å²) in [4.78, 5) is 0. The molecule has 0 radical (unpaired) electrons. The summed E-state index contributed by atoms with van der Waals surface area (Å²) in [5.41, 5.74) is 1.73. The molecule has 0 aliphatic rings. The summed E-state index contributed by atoms with van der Waals surface area (Å²) in [6.07, 6.45) is 0. The van der Waals surface area contributed by atoms with Crippen LogP contribution in [0.4, 0.5) is 0 Å². The van der Waals surface area contributed by atoms with Gasteiger partial charge in [0.1, 0.15) is 11.0 Å². The van der Waals surface area contributed by atoms with Crippen LogP contribution in [0.1, 0.15) is 0 Å². The SMILES string of the molecule is Oc1ccc2n[nH]nc2c1Oc1c(O)ccc2n[nH]nc12. The fraction of sp³-hybridized carbons (Fsp3) is 0. The van der Waals surface area contributed by atoms with E-state index in [4.69, 9.17) is 4.74 Å². The number of hydrogen-bond acceptors (Lipinski definition) is 7. The summed E-state index contributed by atoms with van der Waals surface area (Å²) in [6.45, 7) is 0. The van der Waals surface area contributed by atoms with Crippen molar-refractivity contribution in [3.05, 3.63) is 24.3 Å². The zero-order valence-corrected chi connectivity index (χ0v) is 10.4. The van der Waals surface area contributed by atoms with Gasteiger partial charge in [-0.1, -0.05) is 0 Å². The van der Waals surface area contributed by atoms with E-state index in [2.05, 4.69) is 30.8 Å². The molecular formula is C12H8N6O3. The van der Waals surface area contributed by atoms with Crippen LogP contribution in [0.2, 0.25) is 0 Å². The minimum absolute atomic E-state index is 0.0760. The first kappa shape index (κ1) is 11.5. The Balaban J connectivity index is 1.94. The molecule has 9 heteroatoms. The Labute approximate surface area is 116 Å². The number of benzene rings is 2. The van der Waals surface area contributed by atoms with E-state index in [1.165, 1.54) is 12.1 Å². The number of aromatic hydroxyl groups is 2. The summed E-state index contributed by atoms with van der Waals surface area (Å²) in [7, 11) is 0. The number of phenolic OH excluding ortho intramolecular Hbond substituents is 2. The van der Waals surface area contributed by atoms with Gasteiger partial charge in [-0.05, 0) is 24.3 Å². The zero-order valence-electron chi connectivity index (χ0n) is 10.4. The lowest BCUT2D eigenvalue weighted by Crippen LogP contribution is -1.89. The van der Waals surface area contributed by atoms with Crippen LogP contribution >= 0.6 is 0 Å². The van der Waals surface area contributed by atoms with Gasteiger partial charge in [-0.25, -0.2) is 0 Å². The molecule has 0 aliphatic carbocycles. The minimum atomic E-state index is -0.128. The highest BCUT2D eigenvalue weighted by atomic mass is 16.5. The van der Waals surface area contributed by atoms with E-state index in [1.807, 2.05) is 0 Å². The highest BCUT2D eigenvalue weighted by Crippen LogP contribution is 2.41. The van der Waals surface area contributed by atoms with Crippen molar-refractivity contribution in [3.63, 3.8) is 0 Å². The van der Waals surface area contributed by atoms with Crippen LogP contribution in [0.3, 0.4) is 0 Å². The smallest absolute Gasteiger partial charge is 0.199 e. The van der Waals surface area contributed by atoms with Gasteiger partial charge in [-0.2, -0.15) is 30.8 Å². The van der Waals surface area contributed by atoms with E-state index in [1.54, 1.807) is 12.1 Å². The average Bonchev–Trinajstić information content (AvgIpc) is 3.12. The van der Waals surface area contributed by atoms with Gasteiger partial charge >= 0.3 is 0 Å². The molecule has 0 unspecified atom stereocenters. The molecule has 2 aromatic carbocycles. The normalized spacial score (nSPS) is 11.2. The molecule has 9 nitrogen and oxygen atoms in total. The second kappa shape index (κ2) is 4.07. The molecule has 0 saturated heterocycles. The summed E-state index contributed by atoms with van der Waals surface area (Å²) < 4.78 is 5.64. The maximum absolute atomic E-state index is 9.97. The molecule has 0 aliphatic heterocycles. The third-order valence-electron chi connectivity index (χ3n) is 3.05. The number of phenols is 2. The lowest BCUT2D eigenvalue weighted by Gasteiger charge is -2.09. The van der Waals surface area contributed by atoms with Gasteiger partial charge < -0.3 is 14.9 Å². The number of nitrogens with zero attached hydrogens (tertiary/aromatic N) is 4. The van der Waals surface area contributed by atoms with Gasteiger partial charge in [0.15, 0.2) is 34.0 Å². The molecule has 4 N–H and O–H groups in total. The van der Waals surface area contributed by atoms with E-state index in [0.717, 1.165) is 0 Å². The van der Waals surface area contributed by atoms with Crippen LogP contribution in [-0.2, 0) is 0 Å². The summed E-state index contributed by atoms with van der Waals surface area (Å²) >= 11 is 0. The minimum Gasteiger partial charge on any atom is -0.504 e. The fourth-order valence-corrected chi connectivity index (χ4v) is 2.06. The Morgan fingerprint density at radius 3 is 1.67 bits per heavy atom. The number of hydrogen-bond donors (Lipinski definition) is 4. The van der Waals surface area contributed by atoms with Crippen molar-refractivity contribution in [1.82, 2.24) is 30.8 Å². The molecule has 4 aromatic rings. The van der Waals surface area contributed by atoms with Crippen molar-refractivity contribution in [2.24, 2.45) is 0 Å². The van der Waals surface area contributed by atoms with Crippen LogP contribution in [0, 0.1) is 0 Å². The third-order valence-corrected chi connectivity index (χ3v) is 3.05. The molecule has 104 valence electrons. The van der Waals surface area contributed by atoms with E-state index < -0.39 is 0 Å². The van der Waals surface area contributed by atoms with Gasteiger partial charge in [-0.15, -0.1) is 0 Å². The summed E-state index contributed by atoms with van der Waals surface area (Å²) in [5.74, 6) is -0.105. The van der Waals surface area contributed by atoms with Crippen LogP contribution < -0.4 is 4.74 Å². The van der Waals surface area contributed by atoms with Crippen molar-refractivity contribution in [2.75, 3.05) is 0 Å². The molecule has 0 saturated carbocycles. The molecule has 0 spiro atoms. The van der Waals surface area contributed by atoms with Crippen molar-refractivity contribution >= 4 is 22.1 Å². The molecule has 21 heavy (non-hydrogen) atoms. The lowest BCUT2D eigenvalue weighted by atomic mass is 10.2. The summed E-state index contributed by atoms with van der Waals surface area (Å²) in [6, 6.07) is 6.05. The van der Waals surface area contributed by atoms with Crippen molar-refractivity contribution < 1.29 is 14.9 Å². The van der Waals surface area contributed by atoms with Gasteiger partial charge in [0.05, 0.1) is 0 Å². The topological polar surface area (TPSA) is 133 Å². The number of aromatic nitrogens is 6. The Morgan fingerprint density at radius 1 is 0.714 bits per heavy atom. The lowest BCUT2D eigenvalue weighted by molar-refractivity contribution is 0.390. The molecule has 0 atom stereocenters. The largest absolute Gasteiger partial charge is 0.504 e. The molecule has 2 aromatic heterocycles. The predicted molar refractivity (Wildman–Crippen MR) is 71.2 cm³/mol. The number of fused-ring (bicyclic) bond motifs is 2. The first-order valence-electron chi connectivity index (χ1n) is 5.97. The zero-order chi connectivity index (χ0) is 14.4. The molecular weight excluding hydrogens is 276 g/mol. The first-order chi connectivity index (χ1) is 10.2. The second-order valence-corrected chi connectivity index (χ2v) is 4.31. The standard InChI is InChI=1S/C12H8N6O3/c19-7-3-1-5-9(15-17-13-5)11(7)21-12-8(20)4-2-6-10(12)16-18-14-6/h1-4,19-20H,(H,13,15,17)(H,14,16,18). The van der Waals surface area contributed by atoms with Crippen molar-refractivity contribution in [1.29, 1.82) is 0 Å². The number of nitrogens with one attached hydrogen (secondary N) is 2. The maximum atomic E-state index is 9.97. The Hall–Kier alpha value is -3.36. The monoisotopic (exact) mass is 284 g/mol. The number of ether oxygens (including phenoxy) is 1. The molecule has 0 bridgehead atoms. The Kier molecular flexibility index (Phi) is 2.22. The molecule has 2 heterocycles. The van der Waals surface area contributed by atoms with E-state index in [-0.39, 0.29) is 23.0 Å². The van der Waals surface area contributed by atoms with E-state index in [0.29, 0.717) is 22.1 Å². The van der Waals surface area contributed by atoms with Crippen LogP contribution in [0.5, 0.6) is 23.0 Å². The second-order valence-electron chi connectivity index (χ2n) is 4.31. The molecule has 4 rings (SSSR count). The number of aromatic amines is 2. The Bertz CT molecular complexity index is 882. The van der Waals surface area contributed by atoms with E-state index >= 15 is 0 Å². The number of rotatable bonds is 2. The maximum Gasteiger partial charge on any atom is 0.199 e. The highest BCUT2D eigenvalue weighted by Gasteiger charge is 2.18. The molecule has 0 amide bonds. The predicted octanol–water partition coefficient (Wildman–Crippen LogP) is 1.43. The first-order valence-corrected chi connectivity index (χ1v) is 5.97. The van der Waals surface area contributed by atoms with Gasteiger partial charge in [0.2, 0.25) is 0 Å². The van der Waals surface area contributed by atoms with E-state index in [9.17, 15) is 10.2 Å². The van der Waals surface area contributed by atoms with Gasteiger partial charge in [0.25, 0.3) is 0 Å². The quantitative estimate of drug-likeness (QED) is 0.437. The number of H-pyrrole nitrogens is 2. The van der Waals surface area contributed by atoms with Crippen LogP contribution in [-0.4, -0.2) is 41.0 Å². The van der Waals surface area contributed by atoms with Gasteiger partial charge in [0, 0.05) is 0 Å². The van der Waals surface area contributed by atoms with Crippen molar-refractivity contribution in [3.8, 4) is 23.0 Å². The Morgan fingerprint density at radius 2 is 1.19 bits per heavy atom. The van der Waals surface area contributed by atoms with Crippen LogP contribution in [0.25, 0.3) is 22.1 Å². The highest BCUT2D eigenvalue weighted by molar-refractivity contribution is 5.87.